The maximum Gasteiger partial charge on any atom is 0.340 e. The molecule has 2 aromatic rings. The largest absolute Gasteiger partial charge is 0.496 e. The topological polar surface area (TPSA) is 83.1 Å². The van der Waals surface area contributed by atoms with Gasteiger partial charge in [-0.2, -0.15) is 0 Å². The molecule has 0 heterocycles. The van der Waals surface area contributed by atoms with Crippen LogP contribution in [0.2, 0.25) is 0 Å². The Morgan fingerprint density at radius 2 is 1.50 bits per heavy atom. The van der Waals surface area contributed by atoms with Crippen molar-refractivity contribution in [3.8, 4) is 17.2 Å². The number of hydrogen-bond acceptors (Lipinski definition) is 6. The van der Waals surface area contributed by atoms with Crippen molar-refractivity contribution < 1.29 is 28.5 Å². The number of nitrogens with one attached hydrogen (secondary N) is 1. The molecule has 26 heavy (non-hydrogen) atoms. The molecule has 0 radical (unpaired) electrons. The smallest absolute Gasteiger partial charge is 0.340 e. The molecule has 7 heteroatoms. The minimum atomic E-state index is -0.599. The van der Waals surface area contributed by atoms with Gasteiger partial charge in [0.05, 0.1) is 46.1 Å². The van der Waals surface area contributed by atoms with Gasteiger partial charge in [-0.15, -0.1) is 0 Å². The van der Waals surface area contributed by atoms with Gasteiger partial charge >= 0.3 is 5.97 Å². The molecule has 0 aliphatic rings. The molecule has 0 aliphatic carbocycles. The Labute approximate surface area is 151 Å². The van der Waals surface area contributed by atoms with Crippen molar-refractivity contribution in [3.63, 3.8) is 0 Å². The zero-order valence-corrected chi connectivity index (χ0v) is 15.1. The van der Waals surface area contributed by atoms with Gasteiger partial charge in [-0.25, -0.2) is 4.79 Å². The lowest BCUT2D eigenvalue weighted by atomic mass is 10.1. The number of carbonyl (C=O) groups excluding carboxylic acids is 2. The van der Waals surface area contributed by atoms with Crippen LogP contribution in [0.1, 0.15) is 15.9 Å². The molecule has 1 N–H and O–H groups in total. The molecule has 0 fully saturated rings. The van der Waals surface area contributed by atoms with Crippen LogP contribution >= 0.6 is 0 Å². The van der Waals surface area contributed by atoms with Gasteiger partial charge in [0.15, 0.2) is 11.5 Å². The first kappa shape index (κ1) is 19.1. The van der Waals surface area contributed by atoms with Gasteiger partial charge in [-0.3, -0.25) is 4.79 Å². The molecule has 1 amide bonds. The van der Waals surface area contributed by atoms with Gasteiger partial charge < -0.3 is 24.3 Å². The van der Waals surface area contributed by atoms with E-state index in [0.29, 0.717) is 17.2 Å². The zero-order valence-electron chi connectivity index (χ0n) is 15.1. The number of carbonyl (C=O) groups is 2. The standard InChI is InChI=1S/C19H21NO6/c1-23-15-8-6-5-7-12(15)9-18(21)20-14-11-17(25-3)16(24-2)10-13(14)19(22)26-4/h5-8,10-11H,9H2,1-4H3,(H,20,21). The van der Waals surface area contributed by atoms with E-state index < -0.39 is 5.97 Å². The molecule has 0 unspecified atom stereocenters. The van der Waals surface area contributed by atoms with Gasteiger partial charge in [-0.1, -0.05) is 18.2 Å². The minimum Gasteiger partial charge on any atom is -0.496 e. The molecule has 0 aliphatic heterocycles. The Balaban J connectivity index is 2.31. The van der Waals surface area contributed by atoms with Crippen molar-refractivity contribution in [1.82, 2.24) is 0 Å². The molecule has 0 saturated heterocycles. The first-order valence-corrected chi connectivity index (χ1v) is 7.80. The van der Waals surface area contributed by atoms with Crippen LogP contribution in [0.4, 0.5) is 5.69 Å². The monoisotopic (exact) mass is 359 g/mol. The minimum absolute atomic E-state index is 0.0823. The number of benzene rings is 2. The van der Waals surface area contributed by atoms with Crippen molar-refractivity contribution >= 4 is 17.6 Å². The van der Waals surface area contributed by atoms with E-state index in [9.17, 15) is 9.59 Å². The van der Waals surface area contributed by atoms with Crippen molar-refractivity contribution in [2.24, 2.45) is 0 Å². The van der Waals surface area contributed by atoms with Gasteiger partial charge in [0, 0.05) is 17.7 Å². The fraction of sp³-hybridized carbons (Fsp3) is 0.263. The lowest BCUT2D eigenvalue weighted by Crippen LogP contribution is -2.18. The third-order valence-electron chi connectivity index (χ3n) is 3.75. The van der Waals surface area contributed by atoms with E-state index >= 15 is 0 Å². The van der Waals surface area contributed by atoms with Crippen LogP contribution in [0.3, 0.4) is 0 Å². The van der Waals surface area contributed by atoms with Crippen LogP contribution in [-0.4, -0.2) is 40.3 Å². The summed E-state index contributed by atoms with van der Waals surface area (Å²) in [5.74, 6) is 0.442. The Bertz CT molecular complexity index is 803. The molecule has 7 nitrogen and oxygen atoms in total. The molecule has 0 bridgehead atoms. The highest BCUT2D eigenvalue weighted by molar-refractivity contribution is 6.02. The highest BCUT2D eigenvalue weighted by Crippen LogP contribution is 2.34. The maximum absolute atomic E-state index is 12.5. The average molecular weight is 359 g/mol. The summed E-state index contributed by atoms with van der Waals surface area (Å²) in [6.07, 6.45) is 0.0823. The molecule has 0 aromatic heterocycles. The second-order valence-electron chi connectivity index (χ2n) is 5.28. The molecular weight excluding hydrogens is 338 g/mol. The Morgan fingerprint density at radius 3 is 2.12 bits per heavy atom. The lowest BCUT2D eigenvalue weighted by Gasteiger charge is -2.15. The molecule has 2 aromatic carbocycles. The normalized spacial score (nSPS) is 10.0. The number of anilines is 1. The number of esters is 1. The lowest BCUT2D eigenvalue weighted by molar-refractivity contribution is -0.115. The fourth-order valence-corrected chi connectivity index (χ4v) is 2.48. The van der Waals surface area contributed by atoms with Crippen molar-refractivity contribution in [2.75, 3.05) is 33.8 Å². The molecular formula is C19H21NO6. The van der Waals surface area contributed by atoms with E-state index in [4.69, 9.17) is 18.9 Å². The van der Waals surface area contributed by atoms with Gasteiger partial charge in [0.2, 0.25) is 5.91 Å². The van der Waals surface area contributed by atoms with Crippen LogP contribution in [0.25, 0.3) is 0 Å². The summed E-state index contributed by atoms with van der Waals surface area (Å²) in [7, 11) is 5.73. The second kappa shape index (κ2) is 8.75. The number of hydrogen-bond donors (Lipinski definition) is 1. The van der Waals surface area contributed by atoms with Gasteiger partial charge in [0.25, 0.3) is 0 Å². The molecule has 0 atom stereocenters. The predicted molar refractivity (Wildman–Crippen MR) is 96.2 cm³/mol. The Morgan fingerprint density at radius 1 is 0.885 bits per heavy atom. The molecule has 2 rings (SSSR count). The van der Waals surface area contributed by atoms with Crippen LogP contribution in [0.5, 0.6) is 17.2 Å². The van der Waals surface area contributed by atoms with Crippen molar-refractivity contribution in [1.29, 1.82) is 0 Å². The van der Waals surface area contributed by atoms with Crippen LogP contribution in [0, 0.1) is 0 Å². The molecule has 0 saturated carbocycles. The number of rotatable bonds is 7. The van der Waals surface area contributed by atoms with E-state index in [1.165, 1.54) is 33.5 Å². The summed E-state index contributed by atoms with van der Waals surface area (Å²) in [6, 6.07) is 10.2. The number of ether oxygens (including phenoxy) is 4. The molecule has 138 valence electrons. The van der Waals surface area contributed by atoms with Crippen LogP contribution < -0.4 is 19.5 Å². The summed E-state index contributed by atoms with van der Waals surface area (Å²) in [4.78, 5) is 24.5. The fourth-order valence-electron chi connectivity index (χ4n) is 2.48. The van der Waals surface area contributed by atoms with E-state index in [2.05, 4.69) is 5.32 Å². The van der Waals surface area contributed by atoms with E-state index in [-0.39, 0.29) is 23.6 Å². The van der Waals surface area contributed by atoms with E-state index in [0.717, 1.165) is 5.56 Å². The average Bonchev–Trinajstić information content (AvgIpc) is 2.67. The Kier molecular flexibility index (Phi) is 6.43. The Hall–Kier alpha value is -3.22. The number of methoxy groups -OCH3 is 4. The van der Waals surface area contributed by atoms with E-state index in [1.807, 2.05) is 12.1 Å². The summed E-state index contributed by atoms with van der Waals surface area (Å²) >= 11 is 0. The predicted octanol–water partition coefficient (Wildman–Crippen LogP) is 2.68. The number of amides is 1. The zero-order chi connectivity index (χ0) is 19.1. The third kappa shape index (κ3) is 4.24. The van der Waals surface area contributed by atoms with Crippen molar-refractivity contribution in [2.45, 2.75) is 6.42 Å². The maximum atomic E-state index is 12.5. The van der Waals surface area contributed by atoms with Gasteiger partial charge in [-0.05, 0) is 6.07 Å². The summed E-state index contributed by atoms with van der Waals surface area (Å²) < 4.78 is 20.5. The number of para-hydroxylation sites is 1. The third-order valence-corrected chi connectivity index (χ3v) is 3.75. The summed E-state index contributed by atoms with van der Waals surface area (Å²) in [5.41, 5.74) is 1.17. The first-order valence-electron chi connectivity index (χ1n) is 7.80. The highest BCUT2D eigenvalue weighted by Gasteiger charge is 2.19. The van der Waals surface area contributed by atoms with Crippen molar-refractivity contribution in [3.05, 3.63) is 47.5 Å². The van der Waals surface area contributed by atoms with E-state index in [1.54, 1.807) is 19.2 Å². The SMILES string of the molecule is COC(=O)c1cc(OC)c(OC)cc1NC(=O)Cc1ccccc1OC. The van der Waals surface area contributed by atoms with Crippen LogP contribution in [-0.2, 0) is 16.0 Å². The first-order chi connectivity index (χ1) is 12.5. The van der Waals surface area contributed by atoms with Crippen LogP contribution in [0.15, 0.2) is 36.4 Å². The summed E-state index contributed by atoms with van der Waals surface area (Å²) in [6.45, 7) is 0. The highest BCUT2D eigenvalue weighted by atomic mass is 16.5. The second-order valence-corrected chi connectivity index (χ2v) is 5.28. The van der Waals surface area contributed by atoms with Gasteiger partial charge in [0.1, 0.15) is 5.75 Å². The summed E-state index contributed by atoms with van der Waals surface area (Å²) in [5, 5.41) is 2.72. The quantitative estimate of drug-likeness (QED) is 0.766. The molecule has 0 spiro atoms.